The van der Waals surface area contributed by atoms with Gasteiger partial charge in [0.15, 0.2) is 5.76 Å². The molecule has 3 amide bonds. The van der Waals surface area contributed by atoms with Crippen molar-refractivity contribution in [2.75, 3.05) is 10.2 Å². The van der Waals surface area contributed by atoms with Crippen LogP contribution in [0.1, 0.15) is 10.6 Å². The predicted molar refractivity (Wildman–Crippen MR) is 121 cm³/mol. The second kappa shape index (κ2) is 8.43. The van der Waals surface area contributed by atoms with Crippen LogP contribution in [0.2, 0.25) is 0 Å². The molecule has 12 heteroatoms. The number of aromatic nitrogens is 4. The summed E-state index contributed by atoms with van der Waals surface area (Å²) in [4.78, 5) is 32.6. The molecular weight excluding hydrogens is 446 g/mol. The number of hydrogen-bond acceptors (Lipinski definition) is 8. The average molecular weight is 461 g/mol. The van der Waals surface area contributed by atoms with Gasteiger partial charge in [0.25, 0.3) is 5.91 Å². The molecule has 5 aromatic rings. The Morgan fingerprint density at radius 2 is 1.94 bits per heavy atom. The molecule has 0 unspecified atom stereocenters. The maximum absolute atomic E-state index is 12.1. The zero-order valence-electron chi connectivity index (χ0n) is 16.8. The van der Waals surface area contributed by atoms with Gasteiger partial charge in [0.1, 0.15) is 17.0 Å². The summed E-state index contributed by atoms with van der Waals surface area (Å²) in [5, 5.41) is 10.6. The van der Waals surface area contributed by atoms with Crippen LogP contribution >= 0.6 is 11.3 Å². The Bertz CT molecular complexity index is 1410. The second-order valence-corrected chi connectivity index (χ2v) is 7.50. The van der Waals surface area contributed by atoms with E-state index in [0.29, 0.717) is 33.4 Å². The van der Waals surface area contributed by atoms with Crippen LogP contribution in [0.3, 0.4) is 0 Å². The van der Waals surface area contributed by atoms with Crippen LogP contribution in [-0.2, 0) is 0 Å². The number of aromatic amines is 1. The number of ether oxygens (including phenoxy) is 1. The number of carbonyl (C=O) groups is 2. The van der Waals surface area contributed by atoms with Crippen LogP contribution in [-0.4, -0.2) is 32.1 Å². The summed E-state index contributed by atoms with van der Waals surface area (Å²) in [5.41, 5.74) is 8.87. The van der Waals surface area contributed by atoms with Gasteiger partial charge in [-0.2, -0.15) is 0 Å². The molecule has 0 atom stereocenters. The van der Waals surface area contributed by atoms with Gasteiger partial charge in [-0.1, -0.05) is 11.3 Å². The topological polar surface area (TPSA) is 152 Å². The van der Waals surface area contributed by atoms with E-state index in [4.69, 9.17) is 14.9 Å². The molecule has 0 radical (unpaired) electrons. The summed E-state index contributed by atoms with van der Waals surface area (Å²) < 4.78 is 11.0. The van der Waals surface area contributed by atoms with Gasteiger partial charge in [0.2, 0.25) is 11.1 Å². The van der Waals surface area contributed by atoms with Crippen molar-refractivity contribution in [2.45, 2.75) is 0 Å². The van der Waals surface area contributed by atoms with Crippen molar-refractivity contribution >= 4 is 51.1 Å². The Morgan fingerprint density at radius 3 is 2.64 bits per heavy atom. The van der Waals surface area contributed by atoms with Crippen molar-refractivity contribution in [1.29, 1.82) is 0 Å². The summed E-state index contributed by atoms with van der Waals surface area (Å²) in [5.74, 6) is 1.17. The highest BCUT2D eigenvalue weighted by molar-refractivity contribution is 7.13. The van der Waals surface area contributed by atoms with E-state index in [-0.39, 0.29) is 11.7 Å². The summed E-state index contributed by atoms with van der Waals surface area (Å²) in [6.45, 7) is 0. The van der Waals surface area contributed by atoms with Crippen molar-refractivity contribution in [3.8, 4) is 11.5 Å². The first-order chi connectivity index (χ1) is 16.1. The van der Waals surface area contributed by atoms with E-state index in [9.17, 15) is 9.59 Å². The quantitative estimate of drug-likeness (QED) is 0.341. The van der Waals surface area contributed by atoms with Crippen LogP contribution in [0.25, 0.3) is 11.0 Å². The van der Waals surface area contributed by atoms with E-state index in [0.717, 1.165) is 0 Å². The number of fused-ring (bicyclic) bond motifs is 1. The zero-order valence-corrected chi connectivity index (χ0v) is 17.6. The van der Waals surface area contributed by atoms with Gasteiger partial charge in [0.05, 0.1) is 23.0 Å². The highest BCUT2D eigenvalue weighted by Crippen LogP contribution is 2.30. The Hall–Kier alpha value is -4.71. The summed E-state index contributed by atoms with van der Waals surface area (Å²) in [6.07, 6.45) is 1.42. The first-order valence-electron chi connectivity index (χ1n) is 9.55. The van der Waals surface area contributed by atoms with E-state index in [2.05, 4.69) is 25.5 Å². The highest BCUT2D eigenvalue weighted by Gasteiger charge is 2.18. The van der Waals surface area contributed by atoms with Gasteiger partial charge in [-0.15, -0.1) is 10.2 Å². The molecule has 164 valence electrons. The molecule has 0 aliphatic rings. The lowest BCUT2D eigenvalue weighted by molar-refractivity contribution is 0.0996. The highest BCUT2D eigenvalue weighted by atomic mass is 32.1. The SMILES string of the molecule is NC(=O)N(c1ccc(Oc2ccc3nc(NC(=O)c4ccco4)[nH]c3c2)cc1)c1nncs1. The van der Waals surface area contributed by atoms with Crippen LogP contribution in [0.4, 0.5) is 21.6 Å². The minimum Gasteiger partial charge on any atom is -0.459 e. The van der Waals surface area contributed by atoms with Crippen molar-refractivity contribution in [3.63, 3.8) is 0 Å². The molecule has 0 fully saturated rings. The zero-order chi connectivity index (χ0) is 22.8. The third-order valence-corrected chi connectivity index (χ3v) is 5.20. The number of furan rings is 1. The molecule has 3 aromatic heterocycles. The fraction of sp³-hybridized carbons (Fsp3) is 0. The third-order valence-electron chi connectivity index (χ3n) is 4.52. The van der Waals surface area contributed by atoms with Gasteiger partial charge in [0, 0.05) is 6.07 Å². The lowest BCUT2D eigenvalue weighted by atomic mass is 10.2. The van der Waals surface area contributed by atoms with Crippen LogP contribution in [0.5, 0.6) is 11.5 Å². The van der Waals surface area contributed by atoms with Crippen molar-refractivity contribution < 1.29 is 18.7 Å². The van der Waals surface area contributed by atoms with E-state index < -0.39 is 11.9 Å². The maximum Gasteiger partial charge on any atom is 0.325 e. The van der Waals surface area contributed by atoms with Gasteiger partial charge >= 0.3 is 6.03 Å². The summed E-state index contributed by atoms with van der Waals surface area (Å²) >= 11 is 1.20. The van der Waals surface area contributed by atoms with E-state index in [1.165, 1.54) is 28.0 Å². The van der Waals surface area contributed by atoms with Crippen molar-refractivity contribution in [3.05, 3.63) is 72.1 Å². The monoisotopic (exact) mass is 461 g/mol. The van der Waals surface area contributed by atoms with Crippen LogP contribution in [0.15, 0.2) is 70.8 Å². The number of nitrogens with one attached hydrogen (secondary N) is 2. The number of nitrogens with zero attached hydrogens (tertiary/aromatic N) is 4. The Morgan fingerprint density at radius 1 is 1.12 bits per heavy atom. The lowest BCUT2D eigenvalue weighted by Gasteiger charge is -2.17. The number of anilines is 3. The minimum absolute atomic E-state index is 0.184. The number of nitrogens with two attached hydrogens (primary N) is 1. The van der Waals surface area contributed by atoms with Gasteiger partial charge < -0.3 is 19.9 Å². The number of imidazole rings is 1. The number of urea groups is 1. The standard InChI is InChI=1S/C21H15N7O4S/c22-19(30)28(21-27-23-11-33-21)12-3-5-13(6-4-12)32-14-7-8-15-16(10-14)25-20(24-15)26-18(29)17-2-1-9-31-17/h1-11H,(H2,22,30)(H2,24,25,26,29). The molecular formula is C21H15N7O4S. The number of H-pyrrole nitrogens is 1. The van der Waals surface area contributed by atoms with Gasteiger partial charge in [-0.3, -0.25) is 10.1 Å². The molecule has 0 saturated heterocycles. The number of carbonyl (C=O) groups excluding carboxylic acids is 2. The first kappa shape index (κ1) is 20.2. The first-order valence-corrected chi connectivity index (χ1v) is 10.4. The summed E-state index contributed by atoms with van der Waals surface area (Å²) in [7, 11) is 0. The molecule has 5 rings (SSSR count). The molecule has 4 N–H and O–H groups in total. The van der Waals surface area contributed by atoms with E-state index in [1.807, 2.05) is 0 Å². The smallest absolute Gasteiger partial charge is 0.325 e. The van der Waals surface area contributed by atoms with Crippen LogP contribution in [0, 0.1) is 0 Å². The Kier molecular flexibility index (Phi) is 5.16. The molecule has 0 bridgehead atoms. The second-order valence-electron chi connectivity index (χ2n) is 6.69. The van der Waals surface area contributed by atoms with Gasteiger partial charge in [-0.25, -0.2) is 14.7 Å². The van der Waals surface area contributed by atoms with Gasteiger partial charge in [-0.05, 0) is 48.5 Å². The van der Waals surface area contributed by atoms with Crippen molar-refractivity contribution in [1.82, 2.24) is 20.2 Å². The molecule has 0 aliphatic heterocycles. The largest absolute Gasteiger partial charge is 0.459 e. The number of hydrogen-bond donors (Lipinski definition) is 3. The molecule has 3 heterocycles. The maximum atomic E-state index is 12.1. The number of primary amides is 1. The predicted octanol–water partition coefficient (Wildman–Crippen LogP) is 4.27. The molecule has 0 spiro atoms. The van der Waals surface area contributed by atoms with Crippen LogP contribution < -0.4 is 20.7 Å². The number of amides is 3. The Labute approximate surface area is 189 Å². The summed E-state index contributed by atoms with van der Waals surface area (Å²) in [6, 6.07) is 14.6. The molecule has 11 nitrogen and oxygen atoms in total. The third kappa shape index (κ3) is 4.22. The lowest BCUT2D eigenvalue weighted by Crippen LogP contribution is -2.31. The fourth-order valence-electron chi connectivity index (χ4n) is 3.08. The number of benzene rings is 2. The average Bonchev–Trinajstić information content (AvgIpc) is 3.57. The Balaban J connectivity index is 1.31. The molecule has 0 saturated carbocycles. The fourth-order valence-corrected chi connectivity index (χ4v) is 3.67. The molecule has 0 aliphatic carbocycles. The molecule has 2 aromatic carbocycles. The van der Waals surface area contributed by atoms with E-state index in [1.54, 1.807) is 54.6 Å². The number of rotatable bonds is 6. The van der Waals surface area contributed by atoms with Crippen molar-refractivity contribution in [2.24, 2.45) is 5.73 Å². The van der Waals surface area contributed by atoms with E-state index >= 15 is 0 Å². The minimum atomic E-state index is -0.667. The molecule has 33 heavy (non-hydrogen) atoms. The normalized spacial score (nSPS) is 10.8.